The third-order valence-corrected chi connectivity index (χ3v) is 2.04. The van der Waals surface area contributed by atoms with Crippen molar-refractivity contribution in [2.24, 2.45) is 0 Å². The van der Waals surface area contributed by atoms with E-state index in [1.807, 2.05) is 13.8 Å². The van der Waals surface area contributed by atoms with Gasteiger partial charge in [0.05, 0.1) is 18.8 Å². The van der Waals surface area contributed by atoms with Gasteiger partial charge >= 0.3 is 0 Å². The molecule has 1 amide bonds. The molecule has 4 heteroatoms. The molecule has 0 radical (unpaired) electrons. The molecule has 1 N–H and O–H groups in total. The van der Waals surface area contributed by atoms with Crippen LogP contribution < -0.4 is 14.8 Å². The smallest absolute Gasteiger partial charge is 0.254 e. The summed E-state index contributed by atoms with van der Waals surface area (Å²) in [6.07, 6.45) is 0. The fourth-order valence-electron chi connectivity index (χ4n) is 1.39. The topological polar surface area (TPSA) is 47.6 Å². The van der Waals surface area contributed by atoms with Gasteiger partial charge in [0.25, 0.3) is 5.91 Å². The van der Waals surface area contributed by atoms with Crippen LogP contribution in [0.3, 0.4) is 0 Å². The average molecular weight is 223 g/mol. The number of nitrogens with one attached hydrogen (secondary N) is 1. The lowest BCUT2D eigenvalue weighted by molar-refractivity contribution is 0.0958. The molecule has 0 bridgehead atoms. The summed E-state index contributed by atoms with van der Waals surface area (Å²) in [6, 6.07) is 5.28. The number of carbonyl (C=O) groups excluding carboxylic acids is 1. The normalized spacial score (nSPS) is 9.69. The molecule has 0 aromatic heterocycles. The van der Waals surface area contributed by atoms with E-state index in [4.69, 9.17) is 9.47 Å². The fraction of sp³-hybridized carbons (Fsp3) is 0.417. The van der Waals surface area contributed by atoms with Crippen LogP contribution in [-0.2, 0) is 0 Å². The number of carbonyl (C=O) groups is 1. The van der Waals surface area contributed by atoms with Gasteiger partial charge in [-0.1, -0.05) is 6.07 Å². The predicted octanol–water partition coefficient (Wildman–Crippen LogP) is 1.84. The molecule has 0 aliphatic carbocycles. The van der Waals surface area contributed by atoms with Gasteiger partial charge in [0.1, 0.15) is 0 Å². The summed E-state index contributed by atoms with van der Waals surface area (Å²) in [5, 5.41) is 2.57. The molecule has 0 fully saturated rings. The quantitative estimate of drug-likeness (QED) is 0.828. The molecule has 0 saturated carbocycles. The third-order valence-electron chi connectivity index (χ3n) is 2.04. The van der Waals surface area contributed by atoms with Gasteiger partial charge in [-0.15, -0.1) is 0 Å². The van der Waals surface area contributed by atoms with Crippen LogP contribution in [0.1, 0.15) is 24.2 Å². The molecule has 0 spiro atoms. The lowest BCUT2D eigenvalue weighted by Crippen LogP contribution is -2.19. The van der Waals surface area contributed by atoms with E-state index in [2.05, 4.69) is 5.32 Å². The first-order valence-corrected chi connectivity index (χ1v) is 5.35. The van der Waals surface area contributed by atoms with E-state index in [1.54, 1.807) is 25.2 Å². The summed E-state index contributed by atoms with van der Waals surface area (Å²) in [5.41, 5.74) is 0.496. The molecule has 0 atom stereocenters. The molecular weight excluding hydrogens is 206 g/mol. The van der Waals surface area contributed by atoms with Crippen molar-refractivity contribution in [2.45, 2.75) is 13.8 Å². The van der Waals surface area contributed by atoms with Crippen LogP contribution in [0.25, 0.3) is 0 Å². The van der Waals surface area contributed by atoms with Crippen LogP contribution in [-0.4, -0.2) is 26.2 Å². The predicted molar refractivity (Wildman–Crippen MR) is 62.2 cm³/mol. The number of hydrogen-bond acceptors (Lipinski definition) is 3. The highest BCUT2D eigenvalue weighted by molar-refractivity contribution is 5.97. The minimum absolute atomic E-state index is 0.176. The fourth-order valence-corrected chi connectivity index (χ4v) is 1.39. The molecule has 0 aliphatic heterocycles. The maximum atomic E-state index is 11.6. The minimum Gasteiger partial charge on any atom is -0.490 e. The highest BCUT2D eigenvalue weighted by atomic mass is 16.5. The van der Waals surface area contributed by atoms with Crippen LogP contribution >= 0.6 is 0 Å². The van der Waals surface area contributed by atoms with Crippen LogP contribution in [0.2, 0.25) is 0 Å². The van der Waals surface area contributed by atoms with E-state index in [0.717, 1.165) is 0 Å². The number of amides is 1. The zero-order valence-electron chi connectivity index (χ0n) is 9.87. The van der Waals surface area contributed by atoms with E-state index in [1.165, 1.54) is 0 Å². The van der Waals surface area contributed by atoms with Gasteiger partial charge in [-0.05, 0) is 26.0 Å². The molecule has 0 saturated heterocycles. The molecule has 1 aromatic rings. The van der Waals surface area contributed by atoms with Gasteiger partial charge < -0.3 is 14.8 Å². The molecule has 1 rings (SSSR count). The third kappa shape index (κ3) is 2.66. The highest BCUT2D eigenvalue weighted by Crippen LogP contribution is 2.31. The van der Waals surface area contributed by atoms with Crippen molar-refractivity contribution in [2.75, 3.05) is 20.3 Å². The van der Waals surface area contributed by atoms with Crippen LogP contribution in [0, 0.1) is 0 Å². The van der Waals surface area contributed by atoms with E-state index in [0.29, 0.717) is 30.3 Å². The molecule has 4 nitrogen and oxygen atoms in total. The van der Waals surface area contributed by atoms with Gasteiger partial charge in [0.15, 0.2) is 11.5 Å². The van der Waals surface area contributed by atoms with Gasteiger partial charge in [0, 0.05) is 7.05 Å². The highest BCUT2D eigenvalue weighted by Gasteiger charge is 2.15. The Morgan fingerprint density at radius 3 is 2.50 bits per heavy atom. The van der Waals surface area contributed by atoms with Gasteiger partial charge in [-0.25, -0.2) is 0 Å². The van der Waals surface area contributed by atoms with Crippen LogP contribution in [0.15, 0.2) is 18.2 Å². The van der Waals surface area contributed by atoms with Crippen molar-refractivity contribution in [3.05, 3.63) is 23.8 Å². The lowest BCUT2D eigenvalue weighted by atomic mass is 10.1. The monoisotopic (exact) mass is 223 g/mol. The summed E-state index contributed by atoms with van der Waals surface area (Å²) < 4.78 is 10.9. The largest absolute Gasteiger partial charge is 0.490 e. The summed E-state index contributed by atoms with van der Waals surface area (Å²) >= 11 is 0. The second-order valence-electron chi connectivity index (χ2n) is 3.08. The van der Waals surface area contributed by atoms with Crippen molar-refractivity contribution in [1.29, 1.82) is 0 Å². The van der Waals surface area contributed by atoms with Crippen LogP contribution in [0.5, 0.6) is 11.5 Å². The first-order chi connectivity index (χ1) is 7.74. The van der Waals surface area contributed by atoms with E-state index in [-0.39, 0.29) is 5.91 Å². The first-order valence-electron chi connectivity index (χ1n) is 5.35. The SMILES string of the molecule is CCOc1cccc(C(=O)NC)c1OCC. The Kier molecular flexibility index (Phi) is 4.64. The number of hydrogen-bond donors (Lipinski definition) is 1. The Morgan fingerprint density at radius 2 is 1.94 bits per heavy atom. The standard InChI is InChI=1S/C12H17NO3/c1-4-15-10-8-6-7-9(12(14)13-3)11(10)16-5-2/h6-8H,4-5H2,1-3H3,(H,13,14). The molecule has 0 heterocycles. The second kappa shape index (κ2) is 6.00. The summed E-state index contributed by atoms with van der Waals surface area (Å²) in [6.45, 7) is 4.80. The molecule has 1 aromatic carbocycles. The van der Waals surface area contributed by atoms with Crippen molar-refractivity contribution < 1.29 is 14.3 Å². The molecule has 0 unspecified atom stereocenters. The Bertz CT molecular complexity index is 363. The second-order valence-corrected chi connectivity index (χ2v) is 3.08. The molecule has 16 heavy (non-hydrogen) atoms. The Hall–Kier alpha value is -1.71. The number of para-hydroxylation sites is 1. The number of benzene rings is 1. The van der Waals surface area contributed by atoms with Gasteiger partial charge in [-0.3, -0.25) is 4.79 Å². The summed E-state index contributed by atoms with van der Waals surface area (Å²) in [5.74, 6) is 0.932. The minimum atomic E-state index is -0.176. The molecular formula is C12H17NO3. The maximum Gasteiger partial charge on any atom is 0.254 e. The number of rotatable bonds is 5. The van der Waals surface area contributed by atoms with Crippen LogP contribution in [0.4, 0.5) is 0 Å². The zero-order valence-corrected chi connectivity index (χ0v) is 9.87. The van der Waals surface area contributed by atoms with Crippen molar-refractivity contribution in [1.82, 2.24) is 5.32 Å². The van der Waals surface area contributed by atoms with Gasteiger partial charge in [0.2, 0.25) is 0 Å². The maximum absolute atomic E-state index is 11.6. The van der Waals surface area contributed by atoms with Crippen molar-refractivity contribution >= 4 is 5.91 Å². The van der Waals surface area contributed by atoms with Gasteiger partial charge in [-0.2, -0.15) is 0 Å². The zero-order chi connectivity index (χ0) is 12.0. The summed E-state index contributed by atoms with van der Waals surface area (Å²) in [7, 11) is 1.59. The first kappa shape index (κ1) is 12.4. The van der Waals surface area contributed by atoms with E-state index < -0.39 is 0 Å². The Morgan fingerprint density at radius 1 is 1.25 bits per heavy atom. The van der Waals surface area contributed by atoms with Crippen molar-refractivity contribution in [3.63, 3.8) is 0 Å². The Labute approximate surface area is 95.6 Å². The number of ether oxygens (including phenoxy) is 2. The molecule has 88 valence electrons. The van der Waals surface area contributed by atoms with E-state index in [9.17, 15) is 4.79 Å². The van der Waals surface area contributed by atoms with Crippen molar-refractivity contribution in [3.8, 4) is 11.5 Å². The lowest BCUT2D eigenvalue weighted by Gasteiger charge is -2.13. The van der Waals surface area contributed by atoms with E-state index >= 15 is 0 Å². The Balaban J connectivity index is 3.15. The summed E-state index contributed by atoms with van der Waals surface area (Å²) in [4.78, 5) is 11.6. The average Bonchev–Trinajstić information content (AvgIpc) is 2.31. The molecule has 0 aliphatic rings.